The Hall–Kier alpha value is -4.40. The average Bonchev–Trinajstić information content (AvgIpc) is 3.71. The normalized spacial score (nSPS) is 15.8. The Kier molecular flexibility index (Phi) is 6.47. The lowest BCUT2D eigenvalue weighted by atomic mass is 9.79. The van der Waals surface area contributed by atoms with Crippen LogP contribution < -0.4 is 5.46 Å². The van der Waals surface area contributed by atoms with Gasteiger partial charge in [0.05, 0.1) is 22.6 Å². The monoisotopic (exact) mass is 646 g/mol. The maximum absolute atomic E-state index is 6.31. The van der Waals surface area contributed by atoms with E-state index in [1.54, 1.807) is 0 Å². The first-order valence-electron chi connectivity index (χ1n) is 15.9. The Morgan fingerprint density at radius 3 is 1.45 bits per heavy atom. The molecule has 8 aromatic rings. The van der Waals surface area contributed by atoms with Gasteiger partial charge in [0.25, 0.3) is 0 Å². The van der Waals surface area contributed by atoms with Crippen LogP contribution in [0, 0.1) is 0 Å². The van der Waals surface area contributed by atoms with E-state index in [4.69, 9.17) is 19.3 Å². The van der Waals surface area contributed by atoms with Gasteiger partial charge >= 0.3 is 7.12 Å². The molecule has 0 saturated carbocycles. The molecule has 1 aliphatic heterocycles. The van der Waals surface area contributed by atoms with Crippen molar-refractivity contribution >= 4 is 75.6 Å². The molecule has 0 aliphatic carbocycles. The zero-order valence-electron chi connectivity index (χ0n) is 26.6. The van der Waals surface area contributed by atoms with Gasteiger partial charge in [-0.05, 0) is 63.5 Å². The van der Waals surface area contributed by atoms with Crippen molar-refractivity contribution in [2.24, 2.45) is 0 Å². The topological polar surface area (TPSA) is 44.2 Å². The van der Waals surface area contributed by atoms with E-state index in [1.165, 1.54) is 40.3 Å². The smallest absolute Gasteiger partial charge is 0.399 e. The van der Waals surface area contributed by atoms with Crippen LogP contribution in [-0.4, -0.2) is 28.3 Å². The minimum Gasteiger partial charge on any atom is -0.399 e. The molecule has 3 aromatic heterocycles. The number of hydrogen-bond donors (Lipinski definition) is 0. The van der Waals surface area contributed by atoms with E-state index >= 15 is 0 Å². The quantitative estimate of drug-likeness (QED) is 0.179. The number of nitrogens with zero attached hydrogens (tertiary/aromatic N) is 2. The number of benzene rings is 5. The molecule has 0 radical (unpaired) electrons. The maximum Gasteiger partial charge on any atom is 0.494 e. The Balaban J connectivity index is 1.16. The van der Waals surface area contributed by atoms with Crippen LogP contribution in [-0.2, 0) is 9.31 Å². The Morgan fingerprint density at radius 2 is 0.936 bits per heavy atom. The van der Waals surface area contributed by atoms with E-state index < -0.39 is 18.3 Å². The van der Waals surface area contributed by atoms with Crippen molar-refractivity contribution in [3.05, 3.63) is 115 Å². The average molecular weight is 647 g/mol. The highest BCUT2D eigenvalue weighted by Crippen LogP contribution is 2.40. The van der Waals surface area contributed by atoms with E-state index in [0.29, 0.717) is 5.82 Å². The fourth-order valence-electron chi connectivity index (χ4n) is 6.41. The van der Waals surface area contributed by atoms with E-state index in [2.05, 4.69) is 143 Å². The Bertz CT molecular complexity index is 2350. The third-order valence-electron chi connectivity index (χ3n) is 9.77. The molecule has 0 unspecified atom stereocenters. The van der Waals surface area contributed by atoms with Gasteiger partial charge in [-0.2, -0.15) is 0 Å². The van der Waals surface area contributed by atoms with Gasteiger partial charge in [-0.1, -0.05) is 84.9 Å². The number of aromatic nitrogens is 2. The Labute approximate surface area is 281 Å². The van der Waals surface area contributed by atoms with Crippen molar-refractivity contribution in [2.75, 3.05) is 0 Å². The zero-order chi connectivity index (χ0) is 31.9. The van der Waals surface area contributed by atoms with Gasteiger partial charge in [0.1, 0.15) is 0 Å². The highest BCUT2D eigenvalue weighted by Gasteiger charge is 2.51. The summed E-state index contributed by atoms with van der Waals surface area (Å²) in [6.07, 6.45) is 0. The van der Waals surface area contributed by atoms with Crippen molar-refractivity contribution in [2.45, 2.75) is 38.9 Å². The van der Waals surface area contributed by atoms with E-state index in [1.807, 2.05) is 22.7 Å². The van der Waals surface area contributed by atoms with Crippen LogP contribution in [0.3, 0.4) is 0 Å². The lowest BCUT2D eigenvalue weighted by Crippen LogP contribution is -2.41. The minimum atomic E-state index is -0.419. The molecule has 47 heavy (non-hydrogen) atoms. The number of hydrogen-bond acceptors (Lipinski definition) is 6. The van der Waals surface area contributed by atoms with Crippen LogP contribution in [0.25, 0.3) is 74.2 Å². The second kappa shape index (κ2) is 10.6. The number of fused-ring (bicyclic) bond motifs is 6. The summed E-state index contributed by atoms with van der Waals surface area (Å²) in [4.78, 5) is 10.3. The first-order chi connectivity index (χ1) is 22.7. The molecule has 0 spiro atoms. The molecule has 4 heterocycles. The van der Waals surface area contributed by atoms with Crippen molar-refractivity contribution in [3.63, 3.8) is 0 Å². The molecule has 1 aliphatic rings. The summed E-state index contributed by atoms with van der Waals surface area (Å²) in [5.74, 6) is 0.686. The molecule has 0 bridgehead atoms. The summed E-state index contributed by atoms with van der Waals surface area (Å²) < 4.78 is 17.7. The highest BCUT2D eigenvalue weighted by atomic mass is 32.1. The number of thiophene rings is 2. The second-order valence-electron chi connectivity index (χ2n) is 13.3. The van der Waals surface area contributed by atoms with Crippen molar-refractivity contribution in [1.29, 1.82) is 0 Å². The standard InChI is InChI=1S/C40H31BN2O2S2/c1-39(2)40(3,4)45-41(44-39)27-17-13-24(14-18-27)38-42-32(25-15-19-30-28-9-5-7-11-34(28)46-36(30)21-25)23-33(43-38)26-16-20-31-29-10-6-8-12-35(29)47-37(31)22-26/h5-23H,1-4H3. The van der Waals surface area contributed by atoms with E-state index in [0.717, 1.165) is 33.5 Å². The van der Waals surface area contributed by atoms with Gasteiger partial charge in [0.15, 0.2) is 5.82 Å². The molecule has 1 saturated heterocycles. The molecule has 4 nitrogen and oxygen atoms in total. The summed E-state index contributed by atoms with van der Waals surface area (Å²) in [5.41, 5.74) is 5.08. The predicted octanol–water partition coefficient (Wildman–Crippen LogP) is 10.5. The van der Waals surface area contributed by atoms with Gasteiger partial charge in [-0.25, -0.2) is 9.97 Å². The maximum atomic E-state index is 6.31. The SMILES string of the molecule is CC1(C)OB(c2ccc(-c3nc(-c4ccc5c(c4)sc4ccccc45)cc(-c4ccc5c(c4)sc4ccccc45)n3)cc2)OC1(C)C. The Morgan fingerprint density at radius 1 is 0.489 bits per heavy atom. The molecule has 0 N–H and O–H groups in total. The fraction of sp³-hybridized carbons (Fsp3) is 0.150. The summed E-state index contributed by atoms with van der Waals surface area (Å²) in [6.45, 7) is 8.31. The van der Waals surface area contributed by atoms with Crippen LogP contribution in [0.2, 0.25) is 0 Å². The van der Waals surface area contributed by atoms with Gasteiger partial charge in [-0.15, -0.1) is 22.7 Å². The van der Waals surface area contributed by atoms with E-state index in [9.17, 15) is 0 Å². The zero-order valence-corrected chi connectivity index (χ0v) is 28.2. The first-order valence-corrected chi connectivity index (χ1v) is 17.5. The second-order valence-corrected chi connectivity index (χ2v) is 15.5. The summed E-state index contributed by atoms with van der Waals surface area (Å²) in [5, 5.41) is 5.14. The predicted molar refractivity (Wildman–Crippen MR) is 200 cm³/mol. The van der Waals surface area contributed by atoms with Gasteiger partial charge in [0.2, 0.25) is 0 Å². The first kappa shape index (κ1) is 28.8. The largest absolute Gasteiger partial charge is 0.494 e. The fourth-order valence-corrected chi connectivity index (χ4v) is 8.70. The molecule has 228 valence electrons. The molecule has 0 atom stereocenters. The summed E-state index contributed by atoms with van der Waals surface area (Å²) in [6, 6.07) is 41.0. The third-order valence-corrected chi connectivity index (χ3v) is 12.0. The molecule has 5 aromatic carbocycles. The van der Waals surface area contributed by atoms with Crippen LogP contribution >= 0.6 is 22.7 Å². The molecule has 7 heteroatoms. The van der Waals surface area contributed by atoms with Crippen LogP contribution in [0.15, 0.2) is 115 Å². The minimum absolute atomic E-state index is 0.395. The third kappa shape index (κ3) is 4.80. The van der Waals surface area contributed by atoms with Crippen LogP contribution in [0.5, 0.6) is 0 Å². The van der Waals surface area contributed by atoms with Crippen LogP contribution in [0.4, 0.5) is 0 Å². The van der Waals surface area contributed by atoms with Crippen molar-refractivity contribution in [1.82, 2.24) is 9.97 Å². The van der Waals surface area contributed by atoms with Crippen molar-refractivity contribution < 1.29 is 9.31 Å². The summed E-state index contributed by atoms with van der Waals surface area (Å²) >= 11 is 3.64. The van der Waals surface area contributed by atoms with Crippen molar-refractivity contribution in [3.8, 4) is 33.9 Å². The lowest BCUT2D eigenvalue weighted by Gasteiger charge is -2.32. The summed E-state index contributed by atoms with van der Waals surface area (Å²) in [7, 11) is -0.419. The molecule has 1 fully saturated rings. The van der Waals surface area contributed by atoms with E-state index in [-0.39, 0.29) is 0 Å². The number of rotatable bonds is 4. The molecular weight excluding hydrogens is 615 g/mol. The lowest BCUT2D eigenvalue weighted by molar-refractivity contribution is 0.00578. The van der Waals surface area contributed by atoms with Crippen LogP contribution in [0.1, 0.15) is 27.7 Å². The molecule has 9 rings (SSSR count). The highest BCUT2D eigenvalue weighted by molar-refractivity contribution is 7.26. The molecular formula is C40H31BN2O2S2. The van der Waals surface area contributed by atoms with Gasteiger partial charge in [0, 0.05) is 57.0 Å². The van der Waals surface area contributed by atoms with Gasteiger partial charge < -0.3 is 9.31 Å². The molecule has 0 amide bonds. The van der Waals surface area contributed by atoms with Gasteiger partial charge in [-0.3, -0.25) is 0 Å².